The molecule has 1 N–H and O–H groups in total. The summed E-state index contributed by atoms with van der Waals surface area (Å²) in [5, 5.41) is 12.4. The molecule has 1 aliphatic rings. The van der Waals surface area contributed by atoms with Gasteiger partial charge in [0, 0.05) is 24.2 Å². The van der Waals surface area contributed by atoms with Crippen LogP contribution in [0.2, 0.25) is 0 Å². The fourth-order valence-corrected chi connectivity index (χ4v) is 4.19. The first-order valence-electron chi connectivity index (χ1n) is 10.4. The van der Waals surface area contributed by atoms with Crippen LogP contribution in [0, 0.1) is 13.8 Å². The van der Waals surface area contributed by atoms with Gasteiger partial charge >= 0.3 is 0 Å². The minimum atomic E-state index is -0.0681. The molecule has 8 heteroatoms. The quantitative estimate of drug-likeness (QED) is 0.572. The molecule has 3 aromatic rings. The molecule has 1 amide bonds. The summed E-state index contributed by atoms with van der Waals surface area (Å²) in [6.07, 6.45) is 0.861. The molecule has 0 bridgehead atoms. The van der Waals surface area contributed by atoms with E-state index in [9.17, 15) is 4.79 Å². The molecule has 0 saturated heterocycles. The molecule has 1 aliphatic heterocycles. The Kier molecular flexibility index (Phi) is 6.46. The number of carbonyl (C=O) groups is 1. The second kappa shape index (κ2) is 9.43. The van der Waals surface area contributed by atoms with Crippen LogP contribution in [-0.2, 0) is 11.3 Å². The highest BCUT2D eigenvalue weighted by atomic mass is 32.2. The Morgan fingerprint density at radius 1 is 1.10 bits per heavy atom. The lowest BCUT2D eigenvalue weighted by molar-refractivity contribution is -0.113. The number of hydrogen-bond donors (Lipinski definition) is 1. The largest absolute Gasteiger partial charge is 0.490 e. The van der Waals surface area contributed by atoms with E-state index >= 15 is 0 Å². The number of rotatable bonds is 6. The van der Waals surface area contributed by atoms with Gasteiger partial charge in [-0.15, -0.1) is 10.2 Å². The van der Waals surface area contributed by atoms with Crippen molar-refractivity contribution in [2.75, 3.05) is 24.3 Å². The van der Waals surface area contributed by atoms with Crippen molar-refractivity contribution in [3.8, 4) is 22.9 Å². The van der Waals surface area contributed by atoms with E-state index in [0.29, 0.717) is 24.9 Å². The van der Waals surface area contributed by atoms with Gasteiger partial charge in [0.2, 0.25) is 5.91 Å². The van der Waals surface area contributed by atoms with Gasteiger partial charge < -0.3 is 19.4 Å². The van der Waals surface area contributed by atoms with Crippen LogP contribution >= 0.6 is 11.8 Å². The number of amides is 1. The molecule has 2 aromatic carbocycles. The number of ether oxygens (including phenoxy) is 2. The summed E-state index contributed by atoms with van der Waals surface area (Å²) in [6.45, 7) is 8.01. The number of thioether (sulfide) groups is 1. The van der Waals surface area contributed by atoms with Crippen molar-refractivity contribution in [1.29, 1.82) is 0 Å². The molecular weight excluding hydrogens is 412 g/mol. The van der Waals surface area contributed by atoms with Gasteiger partial charge in [0.25, 0.3) is 0 Å². The predicted octanol–water partition coefficient (Wildman–Crippen LogP) is 4.47. The minimum absolute atomic E-state index is 0.0681. The summed E-state index contributed by atoms with van der Waals surface area (Å²) < 4.78 is 13.5. The highest BCUT2D eigenvalue weighted by molar-refractivity contribution is 7.99. The topological polar surface area (TPSA) is 78.3 Å². The average molecular weight is 439 g/mol. The van der Waals surface area contributed by atoms with Crippen molar-refractivity contribution in [3.05, 3.63) is 47.5 Å². The average Bonchev–Trinajstić information content (AvgIpc) is 3.03. The molecule has 1 aromatic heterocycles. The molecule has 162 valence electrons. The molecule has 0 radical (unpaired) electrons. The first-order chi connectivity index (χ1) is 15.0. The fraction of sp³-hybridized carbons (Fsp3) is 0.348. The maximum absolute atomic E-state index is 12.5. The molecule has 0 atom stereocenters. The van der Waals surface area contributed by atoms with Crippen LogP contribution in [0.4, 0.5) is 5.69 Å². The fourth-order valence-electron chi connectivity index (χ4n) is 3.38. The van der Waals surface area contributed by atoms with Crippen LogP contribution in [0.15, 0.2) is 41.6 Å². The Balaban J connectivity index is 1.48. The second-order valence-electron chi connectivity index (χ2n) is 7.42. The van der Waals surface area contributed by atoms with E-state index in [1.807, 2.05) is 61.7 Å². The molecule has 0 fully saturated rings. The number of benzene rings is 2. The molecule has 0 aliphatic carbocycles. The number of hydrogen-bond acceptors (Lipinski definition) is 6. The van der Waals surface area contributed by atoms with Gasteiger partial charge in [-0.3, -0.25) is 4.79 Å². The molecule has 0 spiro atoms. The van der Waals surface area contributed by atoms with E-state index in [0.717, 1.165) is 46.1 Å². The van der Waals surface area contributed by atoms with Crippen molar-refractivity contribution in [2.24, 2.45) is 0 Å². The van der Waals surface area contributed by atoms with Crippen LogP contribution in [-0.4, -0.2) is 39.6 Å². The number of anilines is 1. The summed E-state index contributed by atoms with van der Waals surface area (Å²) in [5.41, 5.74) is 3.90. The number of fused-ring (bicyclic) bond motifs is 1. The zero-order valence-corrected chi connectivity index (χ0v) is 18.8. The SMILES string of the molecule is CCn1c(SCC(=O)Nc2cc(C)ccc2C)nnc1-c1ccc2c(c1)OCCCO2. The lowest BCUT2D eigenvalue weighted by atomic mass is 10.1. The van der Waals surface area contributed by atoms with Gasteiger partial charge in [-0.2, -0.15) is 0 Å². The number of nitrogens with one attached hydrogen (secondary N) is 1. The summed E-state index contributed by atoms with van der Waals surface area (Å²) in [7, 11) is 0. The Labute approximate surface area is 186 Å². The lowest BCUT2D eigenvalue weighted by Crippen LogP contribution is -2.15. The Hall–Kier alpha value is -3.00. The van der Waals surface area contributed by atoms with Gasteiger partial charge in [-0.1, -0.05) is 23.9 Å². The minimum Gasteiger partial charge on any atom is -0.490 e. The standard InChI is InChI=1S/C23H26N4O3S/c1-4-27-22(17-8-9-19-20(13-17)30-11-5-10-29-19)25-26-23(27)31-14-21(28)24-18-12-15(2)6-7-16(18)3/h6-9,12-13H,4-5,10-11,14H2,1-3H3,(H,24,28). The smallest absolute Gasteiger partial charge is 0.234 e. The van der Waals surface area contributed by atoms with Crippen molar-refractivity contribution in [3.63, 3.8) is 0 Å². The highest BCUT2D eigenvalue weighted by Gasteiger charge is 2.18. The Morgan fingerprint density at radius 2 is 1.90 bits per heavy atom. The third-order valence-electron chi connectivity index (χ3n) is 5.04. The summed E-state index contributed by atoms with van der Waals surface area (Å²) in [4.78, 5) is 12.5. The maximum atomic E-state index is 12.5. The van der Waals surface area contributed by atoms with Gasteiger partial charge in [-0.25, -0.2) is 0 Å². The maximum Gasteiger partial charge on any atom is 0.234 e. The zero-order valence-electron chi connectivity index (χ0n) is 18.0. The second-order valence-corrected chi connectivity index (χ2v) is 8.36. The molecule has 0 saturated carbocycles. The van der Waals surface area contributed by atoms with Gasteiger partial charge in [0.1, 0.15) is 0 Å². The van der Waals surface area contributed by atoms with Gasteiger partial charge in [0.05, 0.1) is 19.0 Å². The normalized spacial score (nSPS) is 13.0. The van der Waals surface area contributed by atoms with Crippen LogP contribution < -0.4 is 14.8 Å². The van der Waals surface area contributed by atoms with E-state index in [2.05, 4.69) is 15.5 Å². The monoisotopic (exact) mass is 438 g/mol. The summed E-state index contributed by atoms with van der Waals surface area (Å²) >= 11 is 1.38. The molecule has 7 nitrogen and oxygen atoms in total. The van der Waals surface area contributed by atoms with Crippen molar-refractivity contribution >= 4 is 23.4 Å². The Bertz CT molecular complexity index is 1100. The molecule has 31 heavy (non-hydrogen) atoms. The van der Waals surface area contributed by atoms with Crippen LogP contribution in [0.25, 0.3) is 11.4 Å². The van der Waals surface area contributed by atoms with Crippen LogP contribution in [0.1, 0.15) is 24.5 Å². The Morgan fingerprint density at radius 3 is 2.71 bits per heavy atom. The van der Waals surface area contributed by atoms with E-state index in [4.69, 9.17) is 9.47 Å². The third kappa shape index (κ3) is 4.85. The predicted molar refractivity (Wildman–Crippen MR) is 122 cm³/mol. The highest BCUT2D eigenvalue weighted by Crippen LogP contribution is 2.34. The summed E-state index contributed by atoms with van der Waals surface area (Å²) in [6, 6.07) is 11.8. The number of nitrogens with zero attached hydrogens (tertiary/aromatic N) is 3. The van der Waals surface area contributed by atoms with Crippen molar-refractivity contribution in [1.82, 2.24) is 14.8 Å². The number of aromatic nitrogens is 3. The van der Waals surface area contributed by atoms with Gasteiger partial charge in [-0.05, 0) is 56.2 Å². The lowest BCUT2D eigenvalue weighted by Gasteiger charge is -2.11. The van der Waals surface area contributed by atoms with E-state index in [1.54, 1.807) is 0 Å². The first kappa shape index (κ1) is 21.2. The first-order valence-corrected chi connectivity index (χ1v) is 11.4. The number of carbonyl (C=O) groups excluding carboxylic acids is 1. The van der Waals surface area contributed by atoms with Crippen LogP contribution in [0.3, 0.4) is 0 Å². The van der Waals surface area contributed by atoms with E-state index in [-0.39, 0.29) is 11.7 Å². The number of aryl methyl sites for hydroxylation is 2. The van der Waals surface area contributed by atoms with Gasteiger partial charge in [0.15, 0.2) is 22.5 Å². The summed E-state index contributed by atoms with van der Waals surface area (Å²) in [5.74, 6) is 2.41. The zero-order chi connectivity index (χ0) is 21.8. The molecular formula is C23H26N4O3S. The van der Waals surface area contributed by atoms with E-state index < -0.39 is 0 Å². The van der Waals surface area contributed by atoms with Crippen molar-refractivity contribution in [2.45, 2.75) is 38.9 Å². The molecule has 0 unspecified atom stereocenters. The molecule has 2 heterocycles. The molecule has 4 rings (SSSR count). The van der Waals surface area contributed by atoms with E-state index in [1.165, 1.54) is 11.8 Å². The van der Waals surface area contributed by atoms with Crippen LogP contribution in [0.5, 0.6) is 11.5 Å². The third-order valence-corrected chi connectivity index (χ3v) is 6.01. The van der Waals surface area contributed by atoms with Crippen molar-refractivity contribution < 1.29 is 14.3 Å².